The van der Waals surface area contributed by atoms with E-state index < -0.39 is 17.2 Å². The molecule has 7 nitrogen and oxygen atoms in total. The van der Waals surface area contributed by atoms with Crippen LogP contribution >= 0.6 is 0 Å². The van der Waals surface area contributed by atoms with Crippen LogP contribution in [0.5, 0.6) is 17.2 Å². The van der Waals surface area contributed by atoms with Gasteiger partial charge in [0.1, 0.15) is 28.4 Å². The van der Waals surface area contributed by atoms with Gasteiger partial charge in [0, 0.05) is 0 Å². The van der Waals surface area contributed by atoms with Crippen molar-refractivity contribution < 1.29 is 23.8 Å². The molecule has 0 aliphatic heterocycles. The summed E-state index contributed by atoms with van der Waals surface area (Å²) < 4.78 is 17.0. The summed E-state index contributed by atoms with van der Waals surface area (Å²) in [6.45, 7) is 2.66. The zero-order chi connectivity index (χ0) is 26.6. The smallest absolute Gasteiger partial charge is 0.344 e. The number of ether oxygens (including phenoxy) is 1. The number of hydrogen-bond donors (Lipinski definition) is 2. The highest BCUT2D eigenvalue weighted by Crippen LogP contribution is 2.42. The number of benzene rings is 3. The first-order chi connectivity index (χ1) is 18.5. The maximum atomic E-state index is 13.3. The second-order valence-corrected chi connectivity index (χ2v) is 9.21. The minimum atomic E-state index is -1.19. The highest BCUT2D eigenvalue weighted by atomic mass is 16.5. The average Bonchev–Trinajstić information content (AvgIpc) is 2.92. The van der Waals surface area contributed by atoms with Crippen LogP contribution in [0.15, 0.2) is 91.2 Å². The van der Waals surface area contributed by atoms with E-state index in [0.717, 1.165) is 25.7 Å². The molecule has 0 bridgehead atoms. The van der Waals surface area contributed by atoms with Crippen LogP contribution in [0.3, 0.4) is 0 Å². The van der Waals surface area contributed by atoms with Crippen LogP contribution in [-0.2, 0) is 0 Å². The van der Waals surface area contributed by atoms with Crippen molar-refractivity contribution in [1.29, 1.82) is 0 Å². The first-order valence-corrected chi connectivity index (χ1v) is 12.7. The third kappa shape index (κ3) is 4.75. The topological polar surface area (TPSA) is 110 Å². The van der Waals surface area contributed by atoms with Gasteiger partial charge in [0.25, 0.3) is 0 Å². The maximum absolute atomic E-state index is 13.3. The number of hydrogen-bond acceptors (Lipinski definition) is 7. The molecule has 7 heteroatoms. The first-order valence-electron chi connectivity index (χ1n) is 12.7. The molecule has 0 amide bonds. The Balaban J connectivity index is 1.71. The Kier molecular flexibility index (Phi) is 7.18. The van der Waals surface area contributed by atoms with Gasteiger partial charge >= 0.3 is 11.3 Å². The van der Waals surface area contributed by atoms with Crippen molar-refractivity contribution >= 4 is 21.9 Å². The van der Waals surface area contributed by atoms with Gasteiger partial charge in [-0.25, -0.2) is 9.59 Å². The predicted octanol–water partition coefficient (Wildman–Crippen LogP) is 6.45. The van der Waals surface area contributed by atoms with E-state index in [2.05, 4.69) is 6.92 Å². The van der Waals surface area contributed by atoms with E-state index in [1.165, 1.54) is 0 Å². The lowest BCUT2D eigenvalue weighted by Gasteiger charge is -2.20. The summed E-state index contributed by atoms with van der Waals surface area (Å²) in [4.78, 5) is 26.6. The fourth-order valence-corrected chi connectivity index (χ4v) is 4.79. The molecular weight excluding hydrogens is 484 g/mol. The summed E-state index contributed by atoms with van der Waals surface area (Å²) in [5.41, 5.74) is -1.16. The van der Waals surface area contributed by atoms with E-state index in [0.29, 0.717) is 28.7 Å². The molecule has 0 spiro atoms. The first kappa shape index (κ1) is 25.1. The zero-order valence-corrected chi connectivity index (χ0v) is 21.0. The standard InChI is InChI=1S/C31H28O7/c1-2-3-4-9-17-36-20-12-10-11-19(18-20)25(26-28(32)21-13-5-7-15-23(21)37-30(26)34)27-29(33)22-14-6-8-16-24(22)38-31(27)35/h5-8,10-16,18,25,32-33H,2-4,9,17H2,1H3. The fourth-order valence-electron chi connectivity index (χ4n) is 4.79. The Morgan fingerprint density at radius 3 is 1.89 bits per heavy atom. The molecule has 0 fully saturated rings. The van der Waals surface area contributed by atoms with E-state index in [1.54, 1.807) is 72.8 Å². The third-order valence-electron chi connectivity index (χ3n) is 6.68. The maximum Gasteiger partial charge on any atom is 0.344 e. The molecule has 0 unspecified atom stereocenters. The molecule has 2 N–H and O–H groups in total. The number of aromatic hydroxyl groups is 2. The zero-order valence-electron chi connectivity index (χ0n) is 21.0. The van der Waals surface area contributed by atoms with Crippen molar-refractivity contribution in [1.82, 2.24) is 0 Å². The normalized spacial score (nSPS) is 11.4. The van der Waals surface area contributed by atoms with Crippen LogP contribution in [0.2, 0.25) is 0 Å². The third-order valence-corrected chi connectivity index (χ3v) is 6.68. The average molecular weight is 513 g/mol. The summed E-state index contributed by atoms with van der Waals surface area (Å²) >= 11 is 0. The second kappa shape index (κ2) is 10.8. The largest absolute Gasteiger partial charge is 0.507 e. The molecule has 0 aliphatic rings. The quantitative estimate of drug-likeness (QED) is 0.172. The monoisotopic (exact) mass is 512 g/mol. The van der Waals surface area contributed by atoms with Crippen molar-refractivity contribution in [3.05, 3.63) is 110 Å². The van der Waals surface area contributed by atoms with Crippen LogP contribution in [-0.4, -0.2) is 16.8 Å². The summed E-state index contributed by atoms with van der Waals surface area (Å²) in [7, 11) is 0. The Labute approximate surface area is 218 Å². The Morgan fingerprint density at radius 2 is 1.32 bits per heavy atom. The SMILES string of the molecule is CCCCCCOc1cccc(C(c2c(O)c3ccccc3oc2=O)c2c(O)c3ccccc3oc2=O)c1. The lowest BCUT2D eigenvalue weighted by atomic mass is 9.84. The number of rotatable bonds is 9. The summed E-state index contributed by atoms with van der Waals surface area (Å²) in [6, 6.07) is 20.1. The number of para-hydroxylation sites is 2. The van der Waals surface area contributed by atoms with E-state index in [4.69, 9.17) is 13.6 Å². The lowest BCUT2D eigenvalue weighted by Crippen LogP contribution is -2.21. The molecule has 0 aliphatic carbocycles. The van der Waals surface area contributed by atoms with Gasteiger partial charge in [0.05, 0.1) is 34.4 Å². The van der Waals surface area contributed by atoms with Gasteiger partial charge in [0.15, 0.2) is 0 Å². The van der Waals surface area contributed by atoms with Crippen molar-refractivity contribution in [2.45, 2.75) is 38.5 Å². The van der Waals surface area contributed by atoms with Crippen molar-refractivity contribution in [3.8, 4) is 17.2 Å². The van der Waals surface area contributed by atoms with Gasteiger partial charge in [-0.2, -0.15) is 0 Å². The van der Waals surface area contributed by atoms with E-state index in [-0.39, 0.29) is 33.8 Å². The summed E-state index contributed by atoms with van der Waals surface area (Å²) in [5.74, 6) is -1.32. The molecule has 0 saturated heterocycles. The van der Waals surface area contributed by atoms with E-state index in [9.17, 15) is 19.8 Å². The molecule has 2 aromatic heterocycles. The van der Waals surface area contributed by atoms with Gasteiger partial charge in [-0.1, -0.05) is 62.6 Å². The van der Waals surface area contributed by atoms with Crippen molar-refractivity contribution in [2.75, 3.05) is 6.61 Å². The summed E-state index contributed by atoms with van der Waals surface area (Å²) in [6.07, 6.45) is 4.19. The molecule has 5 rings (SSSR count). The molecule has 38 heavy (non-hydrogen) atoms. The highest BCUT2D eigenvalue weighted by molar-refractivity contribution is 5.87. The van der Waals surface area contributed by atoms with Crippen molar-refractivity contribution in [2.24, 2.45) is 0 Å². The van der Waals surface area contributed by atoms with Gasteiger partial charge in [-0.15, -0.1) is 0 Å². The van der Waals surface area contributed by atoms with Gasteiger partial charge < -0.3 is 23.8 Å². The number of fused-ring (bicyclic) bond motifs is 2. The molecule has 2 heterocycles. The van der Waals surface area contributed by atoms with Crippen LogP contribution < -0.4 is 16.0 Å². The van der Waals surface area contributed by atoms with Gasteiger partial charge in [0.2, 0.25) is 0 Å². The van der Waals surface area contributed by atoms with Crippen LogP contribution in [0.25, 0.3) is 21.9 Å². The molecule has 5 aromatic rings. The molecule has 194 valence electrons. The minimum Gasteiger partial charge on any atom is -0.507 e. The van der Waals surface area contributed by atoms with Crippen LogP contribution in [0, 0.1) is 0 Å². The Bertz CT molecular complexity index is 1610. The second-order valence-electron chi connectivity index (χ2n) is 9.21. The summed E-state index contributed by atoms with van der Waals surface area (Å²) in [5, 5.41) is 23.2. The van der Waals surface area contributed by atoms with E-state index in [1.807, 2.05) is 0 Å². The van der Waals surface area contributed by atoms with E-state index >= 15 is 0 Å². The highest BCUT2D eigenvalue weighted by Gasteiger charge is 2.32. The molecule has 0 atom stereocenters. The molecule has 3 aromatic carbocycles. The van der Waals surface area contributed by atoms with Crippen molar-refractivity contribution in [3.63, 3.8) is 0 Å². The molecular formula is C31H28O7. The van der Waals surface area contributed by atoms with Gasteiger partial charge in [-0.3, -0.25) is 0 Å². The Hall–Kier alpha value is -4.52. The fraction of sp³-hybridized carbons (Fsp3) is 0.226. The Morgan fingerprint density at radius 1 is 0.737 bits per heavy atom. The number of unbranched alkanes of at least 4 members (excludes halogenated alkanes) is 3. The van der Waals surface area contributed by atoms with Crippen LogP contribution in [0.4, 0.5) is 0 Å². The van der Waals surface area contributed by atoms with Crippen LogP contribution in [0.1, 0.15) is 55.2 Å². The predicted molar refractivity (Wildman–Crippen MR) is 145 cm³/mol. The minimum absolute atomic E-state index is 0.179. The van der Waals surface area contributed by atoms with Gasteiger partial charge in [-0.05, 0) is 48.4 Å². The molecule has 0 saturated carbocycles. The lowest BCUT2D eigenvalue weighted by molar-refractivity contribution is 0.304. The molecule has 0 radical (unpaired) electrons.